The molecule has 2 unspecified atom stereocenters. The zero-order chi connectivity index (χ0) is 12.6. The average molecular weight is 261 g/mol. The minimum absolute atomic E-state index is 0.0105. The van der Waals surface area contributed by atoms with Crippen molar-refractivity contribution in [3.63, 3.8) is 0 Å². The van der Waals surface area contributed by atoms with Gasteiger partial charge in [-0.15, -0.1) is 0 Å². The number of hydrogen-bond acceptors (Lipinski definition) is 4. The number of nitrogens with one attached hydrogen (secondary N) is 1. The van der Waals surface area contributed by atoms with Crippen molar-refractivity contribution in [2.75, 3.05) is 38.4 Å². The Bertz CT molecular complexity index is 204. The monoisotopic (exact) mass is 261 g/mol. The topological polar surface area (TPSA) is 41.5 Å². The van der Waals surface area contributed by atoms with Gasteiger partial charge in [0.25, 0.3) is 0 Å². The van der Waals surface area contributed by atoms with Crippen molar-refractivity contribution in [2.24, 2.45) is 5.92 Å². The highest BCUT2D eigenvalue weighted by Gasteiger charge is 2.40. The molecule has 0 aliphatic heterocycles. The Kier molecular flexibility index (Phi) is 7.51. The van der Waals surface area contributed by atoms with Gasteiger partial charge in [0.05, 0.1) is 13.2 Å². The third-order valence-corrected chi connectivity index (χ3v) is 4.79. The van der Waals surface area contributed by atoms with Crippen molar-refractivity contribution in [3.8, 4) is 0 Å². The standard InChI is InChI=1S/C13H27NO2S/c1-3-14-13(11-15)7-4-5-12(13)6-9-17-10-8-16-2/h12,14-15H,3-11H2,1-2H3. The number of aliphatic hydroxyl groups excluding tert-OH is 1. The third kappa shape index (κ3) is 4.43. The fourth-order valence-electron chi connectivity index (χ4n) is 2.88. The van der Waals surface area contributed by atoms with Gasteiger partial charge in [-0.1, -0.05) is 13.3 Å². The molecule has 17 heavy (non-hydrogen) atoms. The van der Waals surface area contributed by atoms with Crippen LogP contribution in [-0.4, -0.2) is 49.0 Å². The molecule has 0 spiro atoms. The SMILES string of the molecule is CCNC1(CO)CCCC1CCSCCOC. The molecule has 0 radical (unpaired) electrons. The number of ether oxygens (including phenoxy) is 1. The number of rotatable bonds is 9. The maximum absolute atomic E-state index is 9.67. The van der Waals surface area contributed by atoms with Gasteiger partial charge in [0.1, 0.15) is 0 Å². The van der Waals surface area contributed by atoms with E-state index in [2.05, 4.69) is 12.2 Å². The van der Waals surface area contributed by atoms with Crippen LogP contribution < -0.4 is 5.32 Å². The van der Waals surface area contributed by atoms with Crippen LogP contribution in [-0.2, 0) is 4.74 Å². The molecular weight excluding hydrogens is 234 g/mol. The predicted octanol–water partition coefficient (Wildman–Crippen LogP) is 1.90. The molecule has 2 atom stereocenters. The molecule has 2 N–H and O–H groups in total. The fraction of sp³-hybridized carbons (Fsp3) is 1.00. The minimum atomic E-state index is 0.0105. The average Bonchev–Trinajstić information content (AvgIpc) is 2.73. The van der Waals surface area contributed by atoms with E-state index < -0.39 is 0 Å². The van der Waals surface area contributed by atoms with Gasteiger partial charge in [-0.05, 0) is 37.5 Å². The highest BCUT2D eigenvalue weighted by atomic mass is 32.2. The molecule has 1 fully saturated rings. The lowest BCUT2D eigenvalue weighted by atomic mass is 9.86. The molecule has 102 valence electrons. The van der Waals surface area contributed by atoms with Crippen LogP contribution >= 0.6 is 11.8 Å². The summed E-state index contributed by atoms with van der Waals surface area (Å²) in [5.41, 5.74) is 0.0105. The molecule has 0 heterocycles. The van der Waals surface area contributed by atoms with Gasteiger partial charge in [0.2, 0.25) is 0 Å². The number of likely N-dealkylation sites (N-methyl/N-ethyl adjacent to an activating group) is 1. The van der Waals surface area contributed by atoms with Crippen molar-refractivity contribution in [2.45, 2.75) is 38.1 Å². The first-order valence-electron chi connectivity index (χ1n) is 6.71. The molecule has 4 heteroatoms. The Morgan fingerprint density at radius 2 is 2.29 bits per heavy atom. The first-order valence-corrected chi connectivity index (χ1v) is 7.87. The highest BCUT2D eigenvalue weighted by molar-refractivity contribution is 7.99. The second-order valence-corrected chi connectivity index (χ2v) is 6.05. The molecule has 0 aromatic heterocycles. The van der Waals surface area contributed by atoms with Gasteiger partial charge in [-0.3, -0.25) is 0 Å². The van der Waals surface area contributed by atoms with Crippen molar-refractivity contribution >= 4 is 11.8 Å². The van der Waals surface area contributed by atoms with E-state index in [0.717, 1.165) is 25.3 Å². The number of thioether (sulfide) groups is 1. The van der Waals surface area contributed by atoms with Crippen molar-refractivity contribution in [1.29, 1.82) is 0 Å². The Morgan fingerprint density at radius 3 is 2.94 bits per heavy atom. The van der Waals surface area contributed by atoms with Crippen molar-refractivity contribution < 1.29 is 9.84 Å². The molecule has 0 aromatic carbocycles. The molecule has 0 bridgehead atoms. The molecule has 1 aliphatic rings. The lowest BCUT2D eigenvalue weighted by Gasteiger charge is -2.35. The van der Waals surface area contributed by atoms with Crippen LogP contribution in [0.3, 0.4) is 0 Å². The molecular formula is C13H27NO2S. The summed E-state index contributed by atoms with van der Waals surface area (Å²) in [7, 11) is 1.75. The number of hydrogen-bond donors (Lipinski definition) is 2. The number of aliphatic hydroxyl groups is 1. The van der Waals surface area contributed by atoms with Crippen LogP contribution in [0.1, 0.15) is 32.6 Å². The summed E-state index contributed by atoms with van der Waals surface area (Å²) < 4.78 is 5.04. The van der Waals surface area contributed by atoms with E-state index in [-0.39, 0.29) is 12.1 Å². The van der Waals surface area contributed by atoms with Crippen LogP contribution in [0.5, 0.6) is 0 Å². The fourth-order valence-corrected chi connectivity index (χ4v) is 3.82. The Balaban J connectivity index is 2.30. The van der Waals surface area contributed by atoms with E-state index in [1.165, 1.54) is 25.0 Å². The number of methoxy groups -OCH3 is 1. The van der Waals surface area contributed by atoms with E-state index in [4.69, 9.17) is 4.74 Å². The molecule has 3 nitrogen and oxygen atoms in total. The summed E-state index contributed by atoms with van der Waals surface area (Å²) >= 11 is 1.96. The zero-order valence-electron chi connectivity index (χ0n) is 11.2. The second kappa shape index (κ2) is 8.35. The quantitative estimate of drug-likeness (QED) is 0.622. The summed E-state index contributed by atoms with van der Waals surface area (Å²) in [6.07, 6.45) is 4.85. The lowest BCUT2D eigenvalue weighted by molar-refractivity contribution is 0.124. The summed E-state index contributed by atoms with van der Waals surface area (Å²) in [4.78, 5) is 0. The minimum Gasteiger partial charge on any atom is -0.394 e. The molecule has 1 aliphatic carbocycles. The molecule has 1 saturated carbocycles. The molecule has 0 aromatic rings. The van der Waals surface area contributed by atoms with Gasteiger partial charge in [-0.25, -0.2) is 0 Å². The predicted molar refractivity (Wildman–Crippen MR) is 74.7 cm³/mol. The van der Waals surface area contributed by atoms with Gasteiger partial charge >= 0.3 is 0 Å². The highest BCUT2D eigenvalue weighted by Crippen LogP contribution is 2.38. The largest absolute Gasteiger partial charge is 0.394 e. The van der Waals surface area contributed by atoms with Crippen LogP contribution in [0.2, 0.25) is 0 Å². The van der Waals surface area contributed by atoms with E-state index in [1.54, 1.807) is 7.11 Å². The molecule has 0 saturated heterocycles. The summed E-state index contributed by atoms with van der Waals surface area (Å²) in [6, 6.07) is 0. The summed E-state index contributed by atoms with van der Waals surface area (Å²) in [5, 5.41) is 13.2. The first kappa shape index (κ1) is 15.3. The van der Waals surface area contributed by atoms with Crippen LogP contribution in [0, 0.1) is 5.92 Å². The third-order valence-electron chi connectivity index (χ3n) is 3.81. The maximum atomic E-state index is 9.67. The van der Waals surface area contributed by atoms with E-state index in [0.29, 0.717) is 5.92 Å². The Morgan fingerprint density at radius 1 is 1.47 bits per heavy atom. The van der Waals surface area contributed by atoms with Crippen molar-refractivity contribution in [3.05, 3.63) is 0 Å². The maximum Gasteiger partial charge on any atom is 0.0616 e. The van der Waals surface area contributed by atoms with Crippen molar-refractivity contribution in [1.82, 2.24) is 5.32 Å². The summed E-state index contributed by atoms with van der Waals surface area (Å²) in [6.45, 7) is 4.20. The van der Waals surface area contributed by atoms with Gasteiger partial charge < -0.3 is 15.2 Å². The second-order valence-electron chi connectivity index (χ2n) is 4.83. The van der Waals surface area contributed by atoms with Crippen LogP contribution in [0.25, 0.3) is 0 Å². The van der Waals surface area contributed by atoms with Gasteiger partial charge in [-0.2, -0.15) is 11.8 Å². The zero-order valence-corrected chi connectivity index (χ0v) is 12.0. The molecule has 0 amide bonds. The van der Waals surface area contributed by atoms with Crippen LogP contribution in [0.4, 0.5) is 0 Å². The summed E-state index contributed by atoms with van der Waals surface area (Å²) in [5.74, 6) is 2.90. The Labute approximate surface area is 110 Å². The lowest BCUT2D eigenvalue weighted by Crippen LogP contribution is -2.51. The smallest absolute Gasteiger partial charge is 0.0616 e. The van der Waals surface area contributed by atoms with Gasteiger partial charge in [0, 0.05) is 18.4 Å². The first-order chi connectivity index (χ1) is 8.29. The van der Waals surface area contributed by atoms with E-state index >= 15 is 0 Å². The van der Waals surface area contributed by atoms with E-state index in [9.17, 15) is 5.11 Å². The van der Waals surface area contributed by atoms with E-state index in [1.807, 2.05) is 11.8 Å². The van der Waals surface area contributed by atoms with Crippen LogP contribution in [0.15, 0.2) is 0 Å². The van der Waals surface area contributed by atoms with Gasteiger partial charge in [0.15, 0.2) is 0 Å². The Hall–Kier alpha value is 0.230. The molecule has 1 rings (SSSR count). The normalized spacial score (nSPS) is 28.8.